The molecule has 1 fully saturated rings. The van der Waals surface area contributed by atoms with Crippen molar-refractivity contribution in [2.75, 3.05) is 20.8 Å². The van der Waals surface area contributed by atoms with E-state index in [2.05, 4.69) is 0 Å². The van der Waals surface area contributed by atoms with Crippen molar-refractivity contribution < 1.29 is 14.3 Å². The zero-order valence-corrected chi connectivity index (χ0v) is 12.3. The summed E-state index contributed by atoms with van der Waals surface area (Å²) < 4.78 is 10.5. The Labute approximate surface area is 120 Å². The highest BCUT2D eigenvalue weighted by molar-refractivity contribution is 6.01. The lowest BCUT2D eigenvalue weighted by atomic mass is 9.69. The van der Waals surface area contributed by atoms with Crippen molar-refractivity contribution in [2.24, 2.45) is 11.1 Å². The van der Waals surface area contributed by atoms with Gasteiger partial charge in [0.05, 0.1) is 14.2 Å². The molecule has 1 aromatic carbocycles. The molecule has 1 aliphatic carbocycles. The van der Waals surface area contributed by atoms with Crippen molar-refractivity contribution in [3.8, 4) is 11.5 Å². The van der Waals surface area contributed by atoms with Gasteiger partial charge in [-0.1, -0.05) is 19.3 Å². The van der Waals surface area contributed by atoms with Crippen molar-refractivity contribution in [2.45, 2.75) is 32.1 Å². The number of ketones is 1. The van der Waals surface area contributed by atoms with Crippen LogP contribution in [-0.2, 0) is 0 Å². The molecule has 0 spiro atoms. The first kappa shape index (κ1) is 14.9. The number of carbonyl (C=O) groups is 1. The standard InChI is InChI=1S/C16H23NO3/c1-19-13-8-12(9-14(10-13)20-2)15(18)16(11-17)6-4-3-5-7-16/h8-10H,3-7,11,17H2,1-2H3. The molecule has 4 nitrogen and oxygen atoms in total. The van der Waals surface area contributed by atoms with E-state index in [4.69, 9.17) is 15.2 Å². The smallest absolute Gasteiger partial charge is 0.170 e. The monoisotopic (exact) mass is 277 g/mol. The van der Waals surface area contributed by atoms with Crippen molar-refractivity contribution in [3.05, 3.63) is 23.8 Å². The van der Waals surface area contributed by atoms with Gasteiger partial charge in [0.25, 0.3) is 0 Å². The maximum Gasteiger partial charge on any atom is 0.170 e. The van der Waals surface area contributed by atoms with E-state index < -0.39 is 5.41 Å². The van der Waals surface area contributed by atoms with Gasteiger partial charge in [0.1, 0.15) is 11.5 Å². The number of ether oxygens (including phenoxy) is 2. The number of rotatable bonds is 5. The van der Waals surface area contributed by atoms with Crippen molar-refractivity contribution >= 4 is 5.78 Å². The number of nitrogens with two attached hydrogens (primary N) is 1. The molecule has 0 unspecified atom stereocenters. The molecule has 0 radical (unpaired) electrons. The molecule has 2 N–H and O–H groups in total. The highest BCUT2D eigenvalue weighted by atomic mass is 16.5. The highest BCUT2D eigenvalue weighted by Gasteiger charge is 2.38. The molecule has 0 atom stereocenters. The molecule has 1 saturated carbocycles. The molecule has 20 heavy (non-hydrogen) atoms. The van der Waals surface area contributed by atoms with Crippen LogP contribution in [0.25, 0.3) is 0 Å². The Bertz CT molecular complexity index is 456. The molecule has 0 aromatic heterocycles. The summed E-state index contributed by atoms with van der Waals surface area (Å²) in [4.78, 5) is 12.9. The average molecular weight is 277 g/mol. The number of Topliss-reactive ketones (excluding diaryl/α,β-unsaturated/α-hetero) is 1. The molecule has 1 aromatic rings. The zero-order chi connectivity index (χ0) is 14.6. The Balaban J connectivity index is 2.36. The van der Waals surface area contributed by atoms with Crippen LogP contribution in [0, 0.1) is 5.41 Å². The summed E-state index contributed by atoms with van der Waals surface area (Å²) >= 11 is 0. The Morgan fingerprint density at radius 3 is 2.10 bits per heavy atom. The number of benzene rings is 1. The third-order valence-corrected chi connectivity index (χ3v) is 4.30. The fourth-order valence-corrected chi connectivity index (χ4v) is 3.00. The molecular weight excluding hydrogens is 254 g/mol. The fourth-order valence-electron chi connectivity index (χ4n) is 3.00. The third kappa shape index (κ3) is 2.80. The van der Waals surface area contributed by atoms with Gasteiger partial charge in [-0.25, -0.2) is 0 Å². The van der Waals surface area contributed by atoms with E-state index in [1.165, 1.54) is 6.42 Å². The molecule has 0 aliphatic heterocycles. The van der Waals surface area contributed by atoms with Crippen LogP contribution in [0.4, 0.5) is 0 Å². The summed E-state index contributed by atoms with van der Waals surface area (Å²) in [6.45, 7) is 0.408. The second-order valence-corrected chi connectivity index (χ2v) is 5.48. The van der Waals surface area contributed by atoms with Crippen LogP contribution in [0.3, 0.4) is 0 Å². The summed E-state index contributed by atoms with van der Waals surface area (Å²) in [5.74, 6) is 1.39. The van der Waals surface area contributed by atoms with Crippen LogP contribution >= 0.6 is 0 Å². The molecular formula is C16H23NO3. The zero-order valence-electron chi connectivity index (χ0n) is 12.3. The lowest BCUT2D eigenvalue weighted by Gasteiger charge is -2.34. The predicted octanol–water partition coefficient (Wildman–Crippen LogP) is 2.80. The summed E-state index contributed by atoms with van der Waals surface area (Å²) in [7, 11) is 3.17. The van der Waals surface area contributed by atoms with E-state index in [0.717, 1.165) is 25.7 Å². The number of hydrogen-bond acceptors (Lipinski definition) is 4. The topological polar surface area (TPSA) is 61.5 Å². The quantitative estimate of drug-likeness (QED) is 0.841. The van der Waals surface area contributed by atoms with Gasteiger partial charge in [-0.3, -0.25) is 4.79 Å². The summed E-state index contributed by atoms with van der Waals surface area (Å²) in [6, 6.07) is 5.32. The minimum atomic E-state index is -0.407. The molecule has 1 aliphatic rings. The maximum absolute atomic E-state index is 12.9. The summed E-state index contributed by atoms with van der Waals surface area (Å²) in [5.41, 5.74) is 6.16. The number of carbonyl (C=O) groups excluding carboxylic acids is 1. The number of methoxy groups -OCH3 is 2. The molecule has 0 amide bonds. The molecule has 0 saturated heterocycles. The van der Waals surface area contributed by atoms with Crippen LogP contribution in [0.1, 0.15) is 42.5 Å². The lowest BCUT2D eigenvalue weighted by Crippen LogP contribution is -2.40. The second-order valence-electron chi connectivity index (χ2n) is 5.48. The van der Waals surface area contributed by atoms with Gasteiger partial charge in [-0.15, -0.1) is 0 Å². The Kier molecular flexibility index (Phi) is 4.65. The molecule has 0 bridgehead atoms. The van der Waals surface area contributed by atoms with Crippen LogP contribution in [-0.4, -0.2) is 26.5 Å². The minimum Gasteiger partial charge on any atom is -0.497 e. The van der Waals surface area contributed by atoms with Crippen LogP contribution < -0.4 is 15.2 Å². The van der Waals surface area contributed by atoms with Gasteiger partial charge >= 0.3 is 0 Å². The summed E-state index contributed by atoms with van der Waals surface area (Å²) in [6.07, 6.45) is 5.09. The first-order valence-electron chi connectivity index (χ1n) is 7.13. The van der Waals surface area contributed by atoms with Gasteiger partial charge in [-0.05, 0) is 25.0 Å². The summed E-state index contributed by atoms with van der Waals surface area (Å²) in [5, 5.41) is 0. The van der Waals surface area contributed by atoms with Gasteiger partial charge < -0.3 is 15.2 Å². The van der Waals surface area contributed by atoms with Gasteiger partial charge in [0.2, 0.25) is 0 Å². The Morgan fingerprint density at radius 2 is 1.65 bits per heavy atom. The predicted molar refractivity (Wildman–Crippen MR) is 78.4 cm³/mol. The van der Waals surface area contributed by atoms with Gasteiger partial charge in [0.15, 0.2) is 5.78 Å². The van der Waals surface area contributed by atoms with E-state index in [1.54, 1.807) is 32.4 Å². The average Bonchev–Trinajstić information content (AvgIpc) is 2.54. The second kappa shape index (κ2) is 6.27. The lowest BCUT2D eigenvalue weighted by molar-refractivity contribution is 0.0729. The molecule has 4 heteroatoms. The van der Waals surface area contributed by atoms with Crippen LogP contribution in [0.5, 0.6) is 11.5 Å². The maximum atomic E-state index is 12.9. The highest BCUT2D eigenvalue weighted by Crippen LogP contribution is 2.39. The van der Waals surface area contributed by atoms with E-state index in [0.29, 0.717) is 23.6 Å². The van der Waals surface area contributed by atoms with Crippen molar-refractivity contribution in [1.29, 1.82) is 0 Å². The normalized spacial score (nSPS) is 17.6. The number of hydrogen-bond donors (Lipinski definition) is 1. The molecule has 0 heterocycles. The Morgan fingerprint density at radius 1 is 1.10 bits per heavy atom. The third-order valence-electron chi connectivity index (χ3n) is 4.30. The fraction of sp³-hybridized carbons (Fsp3) is 0.562. The molecule has 2 rings (SSSR count). The van der Waals surface area contributed by atoms with Crippen LogP contribution in [0.15, 0.2) is 18.2 Å². The minimum absolute atomic E-state index is 0.122. The first-order valence-corrected chi connectivity index (χ1v) is 7.13. The Hall–Kier alpha value is -1.55. The van der Waals surface area contributed by atoms with E-state index in [1.807, 2.05) is 0 Å². The van der Waals surface area contributed by atoms with Crippen molar-refractivity contribution in [1.82, 2.24) is 0 Å². The van der Waals surface area contributed by atoms with Crippen molar-refractivity contribution in [3.63, 3.8) is 0 Å². The largest absolute Gasteiger partial charge is 0.497 e. The van der Waals surface area contributed by atoms with E-state index in [9.17, 15) is 4.79 Å². The van der Waals surface area contributed by atoms with E-state index >= 15 is 0 Å². The first-order chi connectivity index (χ1) is 9.65. The van der Waals surface area contributed by atoms with Gasteiger partial charge in [0, 0.05) is 23.6 Å². The van der Waals surface area contributed by atoms with Gasteiger partial charge in [-0.2, -0.15) is 0 Å². The molecule has 110 valence electrons. The SMILES string of the molecule is COc1cc(OC)cc(C(=O)C2(CN)CCCCC2)c1. The van der Waals surface area contributed by atoms with Crippen LogP contribution in [0.2, 0.25) is 0 Å². The van der Waals surface area contributed by atoms with E-state index in [-0.39, 0.29) is 5.78 Å².